The highest BCUT2D eigenvalue weighted by Crippen LogP contribution is 2.19. The Morgan fingerprint density at radius 3 is 2.80 bits per heavy atom. The standard InChI is InChI=1S/C8H7ClFN3O2/c9-5-3-4(1-2-6(5)10)12-8(14)7(11)13-15/h1-3,15H,(H2,11,13)(H,12,14). The Bertz CT molecular complexity index is 422. The van der Waals surface area contributed by atoms with Gasteiger partial charge in [-0.2, -0.15) is 0 Å². The van der Waals surface area contributed by atoms with Gasteiger partial charge in [-0.1, -0.05) is 16.8 Å². The van der Waals surface area contributed by atoms with Crippen molar-refractivity contribution in [2.24, 2.45) is 10.9 Å². The molecule has 4 N–H and O–H groups in total. The molecule has 0 aliphatic heterocycles. The van der Waals surface area contributed by atoms with Crippen LogP contribution in [-0.4, -0.2) is 17.0 Å². The van der Waals surface area contributed by atoms with Crippen molar-refractivity contribution in [1.29, 1.82) is 0 Å². The predicted molar refractivity (Wildman–Crippen MR) is 53.4 cm³/mol. The maximum absolute atomic E-state index is 12.7. The van der Waals surface area contributed by atoms with E-state index in [1.54, 1.807) is 0 Å². The summed E-state index contributed by atoms with van der Waals surface area (Å²) in [4.78, 5) is 11.1. The first-order valence-electron chi connectivity index (χ1n) is 3.78. The van der Waals surface area contributed by atoms with Crippen LogP contribution in [0.3, 0.4) is 0 Å². The van der Waals surface area contributed by atoms with Crippen molar-refractivity contribution < 1.29 is 14.4 Å². The molecule has 0 spiro atoms. The van der Waals surface area contributed by atoms with Gasteiger partial charge in [0.2, 0.25) is 5.84 Å². The highest BCUT2D eigenvalue weighted by atomic mass is 35.5. The summed E-state index contributed by atoms with van der Waals surface area (Å²) in [5.41, 5.74) is 5.26. The summed E-state index contributed by atoms with van der Waals surface area (Å²) in [6.07, 6.45) is 0. The molecule has 0 heterocycles. The molecule has 0 saturated heterocycles. The van der Waals surface area contributed by atoms with Crippen LogP contribution < -0.4 is 11.1 Å². The van der Waals surface area contributed by atoms with E-state index in [1.165, 1.54) is 12.1 Å². The quantitative estimate of drug-likeness (QED) is 0.293. The average molecular weight is 232 g/mol. The van der Waals surface area contributed by atoms with Crippen LogP contribution in [0.15, 0.2) is 23.4 Å². The van der Waals surface area contributed by atoms with E-state index in [4.69, 9.17) is 22.5 Å². The van der Waals surface area contributed by atoms with Gasteiger partial charge in [0.25, 0.3) is 5.91 Å². The van der Waals surface area contributed by atoms with Gasteiger partial charge in [0, 0.05) is 5.69 Å². The van der Waals surface area contributed by atoms with Crippen molar-refractivity contribution in [3.63, 3.8) is 0 Å². The van der Waals surface area contributed by atoms with Crippen LogP contribution in [0.2, 0.25) is 5.02 Å². The van der Waals surface area contributed by atoms with E-state index in [1.807, 2.05) is 0 Å². The SMILES string of the molecule is N/C(=N/O)C(=O)Nc1ccc(F)c(Cl)c1. The van der Waals surface area contributed by atoms with Crippen molar-refractivity contribution in [3.05, 3.63) is 29.0 Å². The Morgan fingerprint density at radius 2 is 2.27 bits per heavy atom. The van der Waals surface area contributed by atoms with E-state index in [2.05, 4.69) is 10.5 Å². The first-order valence-corrected chi connectivity index (χ1v) is 4.16. The number of anilines is 1. The topological polar surface area (TPSA) is 87.7 Å². The lowest BCUT2D eigenvalue weighted by atomic mass is 10.3. The fraction of sp³-hybridized carbons (Fsp3) is 0. The van der Waals surface area contributed by atoms with Crippen molar-refractivity contribution in [2.75, 3.05) is 5.32 Å². The van der Waals surface area contributed by atoms with Gasteiger partial charge in [0.05, 0.1) is 5.02 Å². The van der Waals surface area contributed by atoms with Crippen molar-refractivity contribution in [3.8, 4) is 0 Å². The van der Waals surface area contributed by atoms with E-state index < -0.39 is 17.6 Å². The normalized spacial score (nSPS) is 11.2. The molecule has 0 aliphatic carbocycles. The number of benzene rings is 1. The summed E-state index contributed by atoms with van der Waals surface area (Å²) >= 11 is 5.47. The Labute approximate surface area is 89.3 Å². The van der Waals surface area contributed by atoms with Gasteiger partial charge < -0.3 is 16.3 Å². The van der Waals surface area contributed by atoms with Crippen LogP contribution in [0.25, 0.3) is 0 Å². The molecular formula is C8H7ClFN3O2. The number of oxime groups is 1. The van der Waals surface area contributed by atoms with Crippen LogP contribution in [0.1, 0.15) is 0 Å². The fourth-order valence-electron chi connectivity index (χ4n) is 0.814. The second-order valence-electron chi connectivity index (χ2n) is 2.57. The molecule has 0 fully saturated rings. The van der Waals surface area contributed by atoms with Gasteiger partial charge in [-0.15, -0.1) is 0 Å². The summed E-state index contributed by atoms with van der Waals surface area (Å²) in [5.74, 6) is -2.01. The maximum atomic E-state index is 12.7. The number of amidine groups is 1. The third-order valence-corrected chi connectivity index (χ3v) is 1.81. The van der Waals surface area contributed by atoms with Crippen LogP contribution >= 0.6 is 11.6 Å². The smallest absolute Gasteiger partial charge is 0.294 e. The minimum absolute atomic E-state index is 0.132. The number of nitrogens with one attached hydrogen (secondary N) is 1. The molecule has 0 aliphatic rings. The second-order valence-corrected chi connectivity index (χ2v) is 2.98. The summed E-state index contributed by atoms with van der Waals surface area (Å²) in [6, 6.07) is 3.59. The highest BCUT2D eigenvalue weighted by molar-refractivity contribution is 6.41. The number of carbonyl (C=O) groups is 1. The minimum Gasteiger partial charge on any atom is -0.409 e. The monoisotopic (exact) mass is 231 g/mol. The predicted octanol–water partition coefficient (Wildman–Crippen LogP) is 1.16. The van der Waals surface area contributed by atoms with Gasteiger partial charge in [0.1, 0.15) is 5.82 Å². The van der Waals surface area contributed by atoms with Gasteiger partial charge in [0.15, 0.2) is 0 Å². The van der Waals surface area contributed by atoms with Gasteiger partial charge in [-0.25, -0.2) is 4.39 Å². The molecule has 1 aromatic rings. The van der Waals surface area contributed by atoms with Crippen molar-refractivity contribution in [2.45, 2.75) is 0 Å². The number of halogens is 2. The van der Waals surface area contributed by atoms with Gasteiger partial charge in [-0.05, 0) is 18.2 Å². The Kier molecular flexibility index (Phi) is 3.46. The molecule has 0 atom stereocenters. The van der Waals surface area contributed by atoms with E-state index in [9.17, 15) is 9.18 Å². The van der Waals surface area contributed by atoms with E-state index in [0.717, 1.165) is 6.07 Å². The zero-order chi connectivity index (χ0) is 11.4. The second kappa shape index (κ2) is 4.61. The Morgan fingerprint density at radius 1 is 1.60 bits per heavy atom. The zero-order valence-corrected chi connectivity index (χ0v) is 8.12. The first kappa shape index (κ1) is 11.3. The minimum atomic E-state index is -0.805. The molecule has 80 valence electrons. The maximum Gasteiger partial charge on any atom is 0.294 e. The molecule has 0 radical (unpaired) electrons. The molecule has 0 aromatic heterocycles. The van der Waals surface area contributed by atoms with Crippen LogP contribution in [-0.2, 0) is 4.79 Å². The van der Waals surface area contributed by atoms with Crippen molar-refractivity contribution >= 4 is 29.0 Å². The third kappa shape index (κ3) is 2.81. The third-order valence-electron chi connectivity index (χ3n) is 1.52. The number of nitrogens with two attached hydrogens (primary N) is 1. The number of carbonyl (C=O) groups excluding carboxylic acids is 1. The molecule has 0 bridgehead atoms. The van der Waals surface area contributed by atoms with Crippen LogP contribution in [0.5, 0.6) is 0 Å². The van der Waals surface area contributed by atoms with Crippen LogP contribution in [0, 0.1) is 5.82 Å². The lowest BCUT2D eigenvalue weighted by molar-refractivity contribution is -0.110. The lowest BCUT2D eigenvalue weighted by Gasteiger charge is -2.04. The molecule has 1 rings (SSSR count). The van der Waals surface area contributed by atoms with Crippen LogP contribution in [0.4, 0.5) is 10.1 Å². The van der Waals surface area contributed by atoms with Gasteiger partial charge in [-0.3, -0.25) is 4.79 Å². The van der Waals surface area contributed by atoms with E-state index >= 15 is 0 Å². The summed E-state index contributed by atoms with van der Waals surface area (Å²) in [6.45, 7) is 0. The first-order chi connectivity index (χ1) is 7.04. The number of nitrogens with zero attached hydrogens (tertiary/aromatic N) is 1. The molecule has 15 heavy (non-hydrogen) atoms. The number of rotatable bonds is 1. The Balaban J connectivity index is 2.82. The number of amides is 1. The number of hydrogen-bond acceptors (Lipinski definition) is 3. The fourth-order valence-corrected chi connectivity index (χ4v) is 0.995. The van der Waals surface area contributed by atoms with Crippen molar-refractivity contribution in [1.82, 2.24) is 0 Å². The molecule has 0 saturated carbocycles. The lowest BCUT2D eigenvalue weighted by Crippen LogP contribution is -2.30. The molecular weight excluding hydrogens is 225 g/mol. The van der Waals surface area contributed by atoms with E-state index in [-0.39, 0.29) is 10.7 Å². The molecule has 1 amide bonds. The molecule has 5 nitrogen and oxygen atoms in total. The largest absolute Gasteiger partial charge is 0.409 e. The molecule has 7 heteroatoms. The Hall–Kier alpha value is -1.82. The average Bonchev–Trinajstić information content (AvgIpc) is 2.22. The number of hydrogen-bond donors (Lipinski definition) is 3. The van der Waals surface area contributed by atoms with E-state index in [0.29, 0.717) is 0 Å². The molecule has 1 aromatic carbocycles. The summed E-state index contributed by atoms with van der Waals surface area (Å²) in [5, 5.41) is 12.8. The summed E-state index contributed by atoms with van der Waals surface area (Å²) in [7, 11) is 0. The van der Waals surface area contributed by atoms with Gasteiger partial charge >= 0.3 is 0 Å². The summed E-state index contributed by atoms with van der Waals surface area (Å²) < 4.78 is 12.7. The molecule has 0 unspecified atom stereocenters. The zero-order valence-electron chi connectivity index (χ0n) is 7.37. The highest BCUT2D eigenvalue weighted by Gasteiger charge is 2.08.